The van der Waals surface area contributed by atoms with Crippen molar-refractivity contribution < 1.29 is 8.78 Å². The highest BCUT2D eigenvalue weighted by Crippen LogP contribution is 2.47. The zero-order valence-electron chi connectivity index (χ0n) is 19.3. The van der Waals surface area contributed by atoms with Crippen LogP contribution in [0.3, 0.4) is 0 Å². The molecule has 4 heterocycles. The van der Waals surface area contributed by atoms with Crippen molar-refractivity contribution in [2.24, 2.45) is 0 Å². The molecule has 8 nitrogen and oxygen atoms in total. The Morgan fingerprint density at radius 2 is 2.03 bits per heavy atom. The van der Waals surface area contributed by atoms with Gasteiger partial charge in [-0.25, -0.2) is 23.7 Å². The minimum absolute atomic E-state index is 0.0675. The third kappa shape index (κ3) is 3.59. The monoisotopic (exact) mass is 477 g/mol. The van der Waals surface area contributed by atoms with Crippen LogP contribution in [-0.2, 0) is 24.9 Å². The van der Waals surface area contributed by atoms with Gasteiger partial charge in [-0.15, -0.1) is 0 Å². The van der Waals surface area contributed by atoms with Gasteiger partial charge in [-0.1, -0.05) is 6.07 Å². The lowest BCUT2D eigenvalue weighted by molar-refractivity contribution is 0.410. The van der Waals surface area contributed by atoms with Crippen LogP contribution in [0.5, 0.6) is 0 Å². The molecule has 0 radical (unpaired) electrons. The Kier molecular flexibility index (Phi) is 5.14. The van der Waals surface area contributed by atoms with E-state index in [4.69, 9.17) is 0 Å². The molecule has 0 amide bonds. The minimum Gasteiger partial charge on any atom is -0.324 e. The quantitative estimate of drug-likeness (QED) is 0.442. The number of nitrogens with one attached hydrogen (secondary N) is 2. The number of nitrogens with zero attached hydrogens (tertiary/aromatic N) is 5. The Bertz CT molecular complexity index is 1510. The van der Waals surface area contributed by atoms with Crippen molar-refractivity contribution in [3.8, 4) is 5.82 Å². The highest BCUT2D eigenvalue weighted by molar-refractivity contribution is 5.77. The van der Waals surface area contributed by atoms with Crippen molar-refractivity contribution in [2.45, 2.75) is 44.7 Å². The molecule has 2 N–H and O–H groups in total. The SMILES string of the molecule is CCn1c(=O)c2cnc(Nc3ccc4c(c3)CCNC4)nc2n1-c1nc(C2(CF)CC2)ccc1F. The summed E-state index contributed by atoms with van der Waals surface area (Å²) in [5.41, 5.74) is 3.08. The van der Waals surface area contributed by atoms with Crippen molar-refractivity contribution in [2.75, 3.05) is 18.5 Å². The number of aromatic nitrogens is 5. The van der Waals surface area contributed by atoms with E-state index in [1.165, 1.54) is 38.8 Å². The van der Waals surface area contributed by atoms with Gasteiger partial charge in [0.15, 0.2) is 17.3 Å². The molecule has 6 rings (SSSR count). The summed E-state index contributed by atoms with van der Waals surface area (Å²) in [6.07, 6.45) is 3.72. The maximum absolute atomic E-state index is 15.1. The van der Waals surface area contributed by atoms with Crippen LogP contribution < -0.4 is 16.2 Å². The fourth-order valence-electron chi connectivity index (χ4n) is 4.76. The fraction of sp³-hybridized carbons (Fsp3) is 0.360. The number of rotatable bonds is 6. The van der Waals surface area contributed by atoms with E-state index in [9.17, 15) is 9.18 Å². The molecule has 35 heavy (non-hydrogen) atoms. The topological polar surface area (TPSA) is 89.7 Å². The van der Waals surface area contributed by atoms with E-state index in [2.05, 4.69) is 37.7 Å². The third-order valence-corrected chi connectivity index (χ3v) is 7.00. The zero-order valence-corrected chi connectivity index (χ0v) is 19.3. The highest BCUT2D eigenvalue weighted by atomic mass is 19.1. The summed E-state index contributed by atoms with van der Waals surface area (Å²) in [5.74, 6) is -0.395. The second kappa shape index (κ2) is 8.23. The maximum atomic E-state index is 15.1. The Labute approximate surface area is 200 Å². The van der Waals surface area contributed by atoms with Crippen LogP contribution in [0.2, 0.25) is 0 Å². The molecule has 0 bridgehead atoms. The highest BCUT2D eigenvalue weighted by Gasteiger charge is 2.46. The van der Waals surface area contributed by atoms with Gasteiger partial charge in [0, 0.05) is 30.4 Å². The molecule has 1 fully saturated rings. The Morgan fingerprint density at radius 3 is 2.80 bits per heavy atom. The van der Waals surface area contributed by atoms with Gasteiger partial charge < -0.3 is 10.6 Å². The summed E-state index contributed by atoms with van der Waals surface area (Å²) in [7, 11) is 0. The summed E-state index contributed by atoms with van der Waals surface area (Å²) in [5, 5.41) is 6.82. The van der Waals surface area contributed by atoms with E-state index in [-0.39, 0.29) is 34.9 Å². The Balaban J connectivity index is 1.46. The minimum atomic E-state index is -0.660. The predicted octanol–water partition coefficient (Wildman–Crippen LogP) is 3.53. The number of hydrogen-bond donors (Lipinski definition) is 2. The van der Waals surface area contributed by atoms with Crippen LogP contribution in [0.25, 0.3) is 16.9 Å². The molecule has 1 aliphatic heterocycles. The second-order valence-electron chi connectivity index (χ2n) is 9.21. The second-order valence-corrected chi connectivity index (χ2v) is 9.21. The van der Waals surface area contributed by atoms with E-state index >= 15 is 4.39 Å². The molecule has 3 aromatic heterocycles. The van der Waals surface area contributed by atoms with Crippen molar-refractivity contribution in [1.82, 2.24) is 29.6 Å². The van der Waals surface area contributed by atoms with E-state index in [0.29, 0.717) is 18.5 Å². The van der Waals surface area contributed by atoms with Gasteiger partial charge in [-0.05, 0) is 68.1 Å². The summed E-state index contributed by atoms with van der Waals surface area (Å²) in [6.45, 7) is 3.28. The van der Waals surface area contributed by atoms with Gasteiger partial charge in [-0.3, -0.25) is 9.18 Å². The van der Waals surface area contributed by atoms with Crippen LogP contribution >= 0.6 is 0 Å². The smallest absolute Gasteiger partial charge is 0.278 e. The lowest BCUT2D eigenvalue weighted by atomic mass is 10.0. The van der Waals surface area contributed by atoms with Crippen LogP contribution in [0.15, 0.2) is 41.3 Å². The number of anilines is 2. The molecular weight excluding hydrogens is 452 g/mol. The maximum Gasteiger partial charge on any atom is 0.278 e. The number of halogens is 2. The van der Waals surface area contributed by atoms with E-state index in [0.717, 1.165) is 25.2 Å². The predicted molar refractivity (Wildman–Crippen MR) is 129 cm³/mol. The summed E-state index contributed by atoms with van der Waals surface area (Å²) in [4.78, 5) is 26.5. The summed E-state index contributed by atoms with van der Waals surface area (Å²) >= 11 is 0. The number of benzene rings is 1. The number of hydrogen-bond acceptors (Lipinski definition) is 6. The Hall–Kier alpha value is -3.66. The molecule has 1 aliphatic carbocycles. The van der Waals surface area contributed by atoms with E-state index in [1.807, 2.05) is 6.07 Å². The van der Waals surface area contributed by atoms with E-state index < -0.39 is 17.9 Å². The molecule has 10 heteroatoms. The molecule has 0 atom stereocenters. The first-order chi connectivity index (χ1) is 17.0. The van der Waals surface area contributed by atoms with Gasteiger partial charge in [-0.2, -0.15) is 4.98 Å². The first-order valence-electron chi connectivity index (χ1n) is 11.8. The summed E-state index contributed by atoms with van der Waals surface area (Å²) in [6, 6.07) is 8.91. The van der Waals surface area contributed by atoms with Gasteiger partial charge >= 0.3 is 0 Å². The average Bonchev–Trinajstić information content (AvgIpc) is 3.63. The first kappa shape index (κ1) is 21.8. The normalized spacial score (nSPS) is 16.3. The van der Waals surface area contributed by atoms with Crippen molar-refractivity contribution >= 4 is 22.7 Å². The molecule has 0 saturated heterocycles. The molecule has 0 spiro atoms. The molecule has 1 aromatic carbocycles. The van der Waals surface area contributed by atoms with E-state index in [1.54, 1.807) is 6.92 Å². The van der Waals surface area contributed by atoms with Crippen LogP contribution in [-0.4, -0.2) is 37.5 Å². The lowest BCUT2D eigenvalue weighted by Gasteiger charge is -2.18. The van der Waals surface area contributed by atoms with Crippen LogP contribution in [0.1, 0.15) is 36.6 Å². The van der Waals surface area contributed by atoms with Gasteiger partial charge in [0.25, 0.3) is 5.56 Å². The van der Waals surface area contributed by atoms with Gasteiger partial charge in [0.05, 0.1) is 5.69 Å². The van der Waals surface area contributed by atoms with Crippen LogP contribution in [0.4, 0.5) is 20.4 Å². The fourth-order valence-corrected chi connectivity index (χ4v) is 4.76. The lowest BCUT2D eigenvalue weighted by Crippen LogP contribution is -2.23. The molecule has 1 saturated carbocycles. The largest absolute Gasteiger partial charge is 0.324 e. The first-order valence-corrected chi connectivity index (χ1v) is 11.8. The van der Waals surface area contributed by atoms with Crippen molar-refractivity contribution in [3.63, 3.8) is 0 Å². The molecule has 4 aromatic rings. The van der Waals surface area contributed by atoms with Crippen LogP contribution in [0, 0.1) is 5.82 Å². The number of fused-ring (bicyclic) bond motifs is 2. The zero-order chi connectivity index (χ0) is 24.2. The molecule has 2 aliphatic rings. The number of pyridine rings is 1. The third-order valence-electron chi connectivity index (χ3n) is 7.00. The van der Waals surface area contributed by atoms with Gasteiger partial charge in [0.1, 0.15) is 12.1 Å². The van der Waals surface area contributed by atoms with Gasteiger partial charge in [0.2, 0.25) is 5.95 Å². The Morgan fingerprint density at radius 1 is 1.17 bits per heavy atom. The number of alkyl halides is 1. The standard InChI is InChI=1S/C25H25F2N7O/c1-2-33-23(35)18-13-29-24(30-17-4-3-16-12-28-10-7-15(16)11-17)32-21(18)34(33)22-19(27)5-6-20(31-22)25(14-26)8-9-25/h3-6,11,13,28H,2,7-10,12,14H2,1H3,(H,29,30,32). The molecule has 0 unspecified atom stereocenters. The molecule has 180 valence electrons. The average molecular weight is 478 g/mol. The van der Waals surface area contributed by atoms with Crippen molar-refractivity contribution in [3.05, 3.63) is 69.5 Å². The molecular formula is C25H25F2N7O. The van der Waals surface area contributed by atoms with Crippen molar-refractivity contribution in [1.29, 1.82) is 0 Å². The summed E-state index contributed by atoms with van der Waals surface area (Å²) < 4.78 is 31.5.